The van der Waals surface area contributed by atoms with Gasteiger partial charge >= 0.3 is 11.9 Å². The molecule has 1 aliphatic rings. The average molecular weight is 374 g/mol. The molecule has 0 aromatic rings. The first kappa shape index (κ1) is 21.6. The molecule has 0 aromatic heterocycles. The summed E-state index contributed by atoms with van der Waals surface area (Å²) in [7, 11) is 0. The number of amides is 1. The normalized spacial score (nSPS) is 27.8. The summed E-state index contributed by atoms with van der Waals surface area (Å²) < 4.78 is 15.6. The molecule has 0 unspecified atom stereocenters. The molecule has 12 nitrogen and oxygen atoms in total. The van der Waals surface area contributed by atoms with Crippen molar-refractivity contribution in [3.05, 3.63) is 10.4 Å². The van der Waals surface area contributed by atoms with E-state index in [2.05, 4.69) is 15.3 Å². The molecule has 1 fully saturated rings. The number of aliphatic hydroxyl groups excluding tert-OH is 2. The molecule has 146 valence electrons. The molecule has 1 aliphatic heterocycles. The zero-order chi connectivity index (χ0) is 19.7. The van der Waals surface area contributed by atoms with Gasteiger partial charge in [-0.3, -0.25) is 14.4 Å². The molecule has 0 spiro atoms. The fourth-order valence-corrected chi connectivity index (χ4v) is 2.24. The third-order valence-electron chi connectivity index (χ3n) is 3.55. The number of carbonyl (C=O) groups excluding carboxylic acids is 3. The topological polar surface area (TPSA) is 180 Å². The first-order valence-electron chi connectivity index (χ1n) is 8.01. The summed E-state index contributed by atoms with van der Waals surface area (Å²) >= 11 is 0. The molecule has 1 rings (SSSR count). The van der Waals surface area contributed by atoms with Crippen LogP contribution in [0.3, 0.4) is 0 Å². The highest BCUT2D eigenvalue weighted by atomic mass is 16.7. The van der Waals surface area contributed by atoms with Crippen LogP contribution in [0.4, 0.5) is 0 Å². The summed E-state index contributed by atoms with van der Waals surface area (Å²) in [6.07, 6.45) is -5.47. The zero-order valence-electron chi connectivity index (χ0n) is 14.4. The molecule has 1 heterocycles. The summed E-state index contributed by atoms with van der Waals surface area (Å²) in [5, 5.41) is 25.1. The minimum atomic E-state index is -1.49. The van der Waals surface area contributed by atoms with Crippen molar-refractivity contribution >= 4 is 17.8 Å². The fraction of sp³-hybridized carbons (Fsp3) is 0.786. The van der Waals surface area contributed by atoms with Crippen molar-refractivity contribution in [2.24, 2.45) is 5.11 Å². The lowest BCUT2D eigenvalue weighted by molar-refractivity contribution is -0.266. The number of hydrogen-bond acceptors (Lipinski definition) is 9. The lowest BCUT2D eigenvalue weighted by atomic mass is 9.96. The molecule has 0 aromatic carbocycles. The lowest BCUT2D eigenvalue weighted by Gasteiger charge is -2.43. The van der Waals surface area contributed by atoms with Crippen molar-refractivity contribution in [2.75, 3.05) is 13.2 Å². The predicted molar refractivity (Wildman–Crippen MR) is 84.3 cm³/mol. The third-order valence-corrected chi connectivity index (χ3v) is 3.55. The van der Waals surface area contributed by atoms with Crippen molar-refractivity contribution < 1.29 is 38.8 Å². The van der Waals surface area contributed by atoms with E-state index in [1.165, 1.54) is 13.8 Å². The van der Waals surface area contributed by atoms with Gasteiger partial charge in [-0.1, -0.05) is 19.0 Å². The van der Waals surface area contributed by atoms with E-state index in [0.29, 0.717) is 0 Å². The van der Waals surface area contributed by atoms with Gasteiger partial charge in [-0.05, 0) is 5.53 Å². The van der Waals surface area contributed by atoms with Crippen LogP contribution in [0, 0.1) is 0 Å². The Kier molecular flexibility index (Phi) is 8.79. The first-order valence-corrected chi connectivity index (χ1v) is 8.01. The molecule has 5 atom stereocenters. The number of rotatable bonds is 8. The number of ether oxygens (including phenoxy) is 3. The summed E-state index contributed by atoms with van der Waals surface area (Å²) in [6, 6.07) is -1.26. The van der Waals surface area contributed by atoms with E-state index in [4.69, 9.17) is 19.7 Å². The van der Waals surface area contributed by atoms with Gasteiger partial charge in [-0.2, -0.15) is 0 Å². The van der Waals surface area contributed by atoms with Gasteiger partial charge in [0.25, 0.3) is 0 Å². The SMILES string of the molecule is CCC(=O)O[C@@H]1O[C@H](CO)[C@H](O)[C@H](OC(=O)CC)[C@H]1NC(=O)CN=[N+]=[N-]. The smallest absolute Gasteiger partial charge is 0.307 e. The highest BCUT2D eigenvalue weighted by Crippen LogP contribution is 2.25. The van der Waals surface area contributed by atoms with Gasteiger partial charge in [0, 0.05) is 17.8 Å². The van der Waals surface area contributed by atoms with Crippen molar-refractivity contribution in [1.82, 2.24) is 5.32 Å². The quantitative estimate of drug-likeness (QED) is 0.212. The van der Waals surface area contributed by atoms with Crippen LogP contribution in [0.15, 0.2) is 5.11 Å². The van der Waals surface area contributed by atoms with Crippen molar-refractivity contribution in [3.63, 3.8) is 0 Å². The Balaban J connectivity index is 3.12. The van der Waals surface area contributed by atoms with Gasteiger partial charge in [0.15, 0.2) is 6.10 Å². The molecular weight excluding hydrogens is 352 g/mol. The molecule has 0 saturated carbocycles. The van der Waals surface area contributed by atoms with Crippen LogP contribution in [0.5, 0.6) is 0 Å². The Hall–Kier alpha value is -2.40. The summed E-state index contributed by atoms with van der Waals surface area (Å²) in [5.41, 5.74) is 8.28. The fourth-order valence-electron chi connectivity index (χ4n) is 2.24. The standard InChI is InChI=1S/C14H22N4O8/c1-3-9(21)25-13-11(17-8(20)5-16-18-15)14(26-10(22)4-2)24-7(6-19)12(13)23/h7,11-14,19,23H,3-6H2,1-2H3,(H,17,20)/t7-,11-,12+,13-,14+/m1/s1. The van der Waals surface area contributed by atoms with Crippen molar-refractivity contribution in [3.8, 4) is 0 Å². The molecular formula is C14H22N4O8. The predicted octanol–water partition coefficient (Wildman–Crippen LogP) is -0.865. The van der Waals surface area contributed by atoms with Gasteiger partial charge in [-0.15, -0.1) is 0 Å². The van der Waals surface area contributed by atoms with Crippen molar-refractivity contribution in [1.29, 1.82) is 0 Å². The van der Waals surface area contributed by atoms with Crippen LogP contribution in [0.25, 0.3) is 10.4 Å². The van der Waals surface area contributed by atoms with Crippen LogP contribution in [-0.4, -0.2) is 71.9 Å². The molecule has 3 N–H and O–H groups in total. The average Bonchev–Trinajstić information content (AvgIpc) is 2.64. The minimum Gasteiger partial charge on any atom is -0.457 e. The largest absolute Gasteiger partial charge is 0.457 e. The maximum absolute atomic E-state index is 11.9. The lowest BCUT2D eigenvalue weighted by Crippen LogP contribution is -2.66. The van der Waals surface area contributed by atoms with Crippen molar-refractivity contribution in [2.45, 2.75) is 57.3 Å². The molecule has 0 aliphatic carbocycles. The van der Waals surface area contributed by atoms with Crippen LogP contribution in [0.1, 0.15) is 26.7 Å². The molecule has 0 bridgehead atoms. The third kappa shape index (κ3) is 5.85. The second kappa shape index (κ2) is 10.6. The van der Waals surface area contributed by atoms with Gasteiger partial charge < -0.3 is 29.7 Å². The van der Waals surface area contributed by atoms with E-state index < -0.39 is 61.6 Å². The van der Waals surface area contributed by atoms with Crippen LogP contribution in [0.2, 0.25) is 0 Å². The number of azide groups is 1. The van der Waals surface area contributed by atoms with Crippen LogP contribution >= 0.6 is 0 Å². The Bertz CT molecular complexity index is 565. The highest BCUT2D eigenvalue weighted by molar-refractivity contribution is 5.79. The van der Waals surface area contributed by atoms with E-state index >= 15 is 0 Å². The van der Waals surface area contributed by atoms with E-state index in [-0.39, 0.29) is 12.8 Å². The highest BCUT2D eigenvalue weighted by Gasteiger charge is 2.49. The molecule has 1 saturated heterocycles. The van der Waals surface area contributed by atoms with E-state index in [1.807, 2.05) is 0 Å². The maximum atomic E-state index is 11.9. The van der Waals surface area contributed by atoms with Crippen LogP contribution in [-0.2, 0) is 28.6 Å². The number of aliphatic hydroxyl groups is 2. The van der Waals surface area contributed by atoms with E-state index in [1.54, 1.807) is 0 Å². The number of hydrogen-bond donors (Lipinski definition) is 3. The second-order valence-corrected chi connectivity index (χ2v) is 5.35. The number of esters is 2. The Morgan fingerprint density at radius 2 is 1.85 bits per heavy atom. The Morgan fingerprint density at radius 3 is 2.38 bits per heavy atom. The van der Waals surface area contributed by atoms with Crippen LogP contribution < -0.4 is 5.32 Å². The number of nitrogens with one attached hydrogen (secondary N) is 1. The van der Waals surface area contributed by atoms with Gasteiger partial charge in [0.1, 0.15) is 24.8 Å². The first-order chi connectivity index (χ1) is 12.4. The monoisotopic (exact) mass is 374 g/mol. The summed E-state index contributed by atoms with van der Waals surface area (Å²) in [6.45, 7) is 1.87. The van der Waals surface area contributed by atoms with Gasteiger partial charge in [-0.25, -0.2) is 0 Å². The summed E-state index contributed by atoms with van der Waals surface area (Å²) in [5.74, 6) is -2.11. The second-order valence-electron chi connectivity index (χ2n) is 5.35. The number of nitrogens with zero attached hydrogens (tertiary/aromatic N) is 3. The summed E-state index contributed by atoms with van der Waals surface area (Å²) in [4.78, 5) is 37.7. The van der Waals surface area contributed by atoms with Gasteiger partial charge in [0.2, 0.25) is 12.2 Å². The van der Waals surface area contributed by atoms with E-state index in [9.17, 15) is 24.6 Å². The molecule has 1 amide bonds. The van der Waals surface area contributed by atoms with E-state index in [0.717, 1.165) is 0 Å². The Morgan fingerprint density at radius 1 is 1.23 bits per heavy atom. The Labute approximate surface area is 149 Å². The molecule has 0 radical (unpaired) electrons. The zero-order valence-corrected chi connectivity index (χ0v) is 14.4. The minimum absolute atomic E-state index is 0.00497. The maximum Gasteiger partial charge on any atom is 0.307 e. The van der Waals surface area contributed by atoms with Gasteiger partial charge in [0.05, 0.1) is 6.61 Å². The molecule has 26 heavy (non-hydrogen) atoms. The molecule has 12 heteroatoms. The number of carbonyl (C=O) groups is 3.